The Morgan fingerprint density at radius 1 is 1.05 bits per heavy atom. The summed E-state index contributed by atoms with van der Waals surface area (Å²) in [5, 5.41) is 6.82. The van der Waals surface area contributed by atoms with Crippen LogP contribution in [0.15, 0.2) is 42.5 Å². The molecule has 0 saturated heterocycles. The van der Waals surface area contributed by atoms with E-state index in [2.05, 4.69) is 10.6 Å². The molecule has 2 rings (SSSR count). The number of rotatable bonds is 4. The molecular weight excluding hydrogens is 272 g/mol. The van der Waals surface area contributed by atoms with E-state index in [4.69, 9.17) is 11.6 Å². The molecule has 2 aromatic rings. The quantitative estimate of drug-likeness (QED) is 0.853. The first-order valence-corrected chi connectivity index (χ1v) is 6.89. The monoisotopic (exact) mass is 288 g/mol. The van der Waals surface area contributed by atoms with Crippen molar-refractivity contribution in [3.63, 3.8) is 0 Å². The number of benzene rings is 2. The van der Waals surface area contributed by atoms with Crippen LogP contribution in [0.25, 0.3) is 0 Å². The molecule has 0 aliphatic heterocycles. The third-order valence-electron chi connectivity index (χ3n) is 2.95. The summed E-state index contributed by atoms with van der Waals surface area (Å²) in [5.41, 5.74) is 3.73. The fraction of sp³-hybridized carbons (Fsp3) is 0.188. The number of hydrogen-bond acceptors (Lipinski definition) is 2. The van der Waals surface area contributed by atoms with Crippen LogP contribution in [-0.2, 0) is 4.79 Å². The van der Waals surface area contributed by atoms with E-state index in [-0.39, 0.29) is 5.91 Å². The Hall–Kier alpha value is -2.00. The molecule has 0 bridgehead atoms. The van der Waals surface area contributed by atoms with Crippen molar-refractivity contribution in [2.45, 2.75) is 20.3 Å². The van der Waals surface area contributed by atoms with Crippen molar-refractivity contribution in [3.8, 4) is 0 Å². The molecule has 0 atom stereocenters. The van der Waals surface area contributed by atoms with E-state index in [1.807, 2.05) is 56.3 Å². The van der Waals surface area contributed by atoms with Gasteiger partial charge in [-0.25, -0.2) is 0 Å². The van der Waals surface area contributed by atoms with Crippen LogP contribution in [0.3, 0.4) is 0 Å². The average Bonchev–Trinajstić information content (AvgIpc) is 2.45. The number of halogens is 1. The van der Waals surface area contributed by atoms with Gasteiger partial charge in [0.2, 0.25) is 5.91 Å². The van der Waals surface area contributed by atoms with Crippen LogP contribution in [0.2, 0.25) is 5.02 Å². The highest BCUT2D eigenvalue weighted by Gasteiger charge is 2.01. The first-order valence-electron chi connectivity index (χ1n) is 6.51. The molecule has 0 aromatic heterocycles. The van der Waals surface area contributed by atoms with Crippen molar-refractivity contribution in [2.24, 2.45) is 0 Å². The van der Waals surface area contributed by atoms with Crippen molar-refractivity contribution in [1.82, 2.24) is 0 Å². The van der Waals surface area contributed by atoms with E-state index in [9.17, 15) is 4.79 Å². The predicted octanol–water partition coefficient (Wildman–Crippen LogP) is 4.74. The van der Waals surface area contributed by atoms with Crippen molar-refractivity contribution in [2.75, 3.05) is 10.6 Å². The Morgan fingerprint density at radius 3 is 2.25 bits per heavy atom. The Balaban J connectivity index is 2.06. The van der Waals surface area contributed by atoms with E-state index in [1.165, 1.54) is 0 Å². The maximum absolute atomic E-state index is 11.3. The van der Waals surface area contributed by atoms with Gasteiger partial charge in [0.25, 0.3) is 0 Å². The van der Waals surface area contributed by atoms with Gasteiger partial charge in [0.05, 0.1) is 0 Å². The van der Waals surface area contributed by atoms with Crippen molar-refractivity contribution < 1.29 is 4.79 Å². The van der Waals surface area contributed by atoms with Gasteiger partial charge >= 0.3 is 0 Å². The number of aryl methyl sites for hydroxylation is 1. The highest BCUT2D eigenvalue weighted by molar-refractivity contribution is 6.31. The number of nitrogens with one attached hydrogen (secondary N) is 2. The molecule has 0 aliphatic carbocycles. The van der Waals surface area contributed by atoms with Gasteiger partial charge in [-0.15, -0.1) is 0 Å². The van der Waals surface area contributed by atoms with Crippen LogP contribution < -0.4 is 10.6 Å². The third kappa shape index (κ3) is 3.75. The molecule has 0 saturated carbocycles. The second kappa shape index (κ2) is 6.44. The Morgan fingerprint density at radius 2 is 1.65 bits per heavy atom. The zero-order valence-corrected chi connectivity index (χ0v) is 12.3. The molecule has 0 heterocycles. The Labute approximate surface area is 124 Å². The molecular formula is C16H17ClN2O. The maximum Gasteiger partial charge on any atom is 0.224 e. The Kier molecular flexibility index (Phi) is 4.64. The van der Waals surface area contributed by atoms with Crippen LogP contribution >= 0.6 is 11.6 Å². The van der Waals surface area contributed by atoms with E-state index in [0.717, 1.165) is 27.6 Å². The van der Waals surface area contributed by atoms with Gasteiger partial charge in [-0.3, -0.25) is 4.79 Å². The normalized spacial score (nSPS) is 10.2. The largest absolute Gasteiger partial charge is 0.355 e. The van der Waals surface area contributed by atoms with Crippen LogP contribution in [-0.4, -0.2) is 5.91 Å². The first kappa shape index (κ1) is 14.4. The number of carbonyl (C=O) groups is 1. The molecule has 0 fully saturated rings. The van der Waals surface area contributed by atoms with Gasteiger partial charge in [-0.05, 0) is 48.9 Å². The van der Waals surface area contributed by atoms with Crippen LogP contribution in [0, 0.1) is 6.92 Å². The molecule has 0 aliphatic rings. The van der Waals surface area contributed by atoms with Gasteiger partial charge in [0, 0.05) is 28.5 Å². The van der Waals surface area contributed by atoms with Gasteiger partial charge < -0.3 is 10.6 Å². The van der Waals surface area contributed by atoms with Gasteiger partial charge in [0.15, 0.2) is 0 Å². The first-order chi connectivity index (χ1) is 9.58. The second-order valence-corrected chi connectivity index (χ2v) is 4.98. The fourth-order valence-electron chi connectivity index (χ4n) is 1.72. The molecule has 0 spiro atoms. The molecule has 2 N–H and O–H groups in total. The molecule has 0 unspecified atom stereocenters. The second-order valence-electron chi connectivity index (χ2n) is 4.57. The van der Waals surface area contributed by atoms with Crippen LogP contribution in [0.4, 0.5) is 17.1 Å². The fourth-order valence-corrected chi connectivity index (χ4v) is 1.90. The summed E-state index contributed by atoms with van der Waals surface area (Å²) in [6.45, 7) is 3.80. The minimum absolute atomic E-state index is 0.0102. The third-order valence-corrected chi connectivity index (χ3v) is 3.36. The minimum Gasteiger partial charge on any atom is -0.355 e. The molecule has 104 valence electrons. The minimum atomic E-state index is 0.0102. The summed E-state index contributed by atoms with van der Waals surface area (Å²) in [4.78, 5) is 11.3. The van der Waals surface area contributed by atoms with Gasteiger partial charge in [-0.1, -0.05) is 24.6 Å². The highest BCUT2D eigenvalue weighted by Crippen LogP contribution is 2.24. The van der Waals surface area contributed by atoms with Gasteiger partial charge in [0.1, 0.15) is 0 Å². The Bertz CT molecular complexity index is 608. The van der Waals surface area contributed by atoms with E-state index < -0.39 is 0 Å². The summed E-state index contributed by atoms with van der Waals surface area (Å²) in [5.74, 6) is 0.0102. The van der Waals surface area contributed by atoms with Crippen molar-refractivity contribution >= 4 is 34.6 Å². The van der Waals surface area contributed by atoms with Gasteiger partial charge in [-0.2, -0.15) is 0 Å². The van der Waals surface area contributed by atoms with E-state index in [0.29, 0.717) is 6.42 Å². The van der Waals surface area contributed by atoms with Crippen LogP contribution in [0.1, 0.15) is 18.9 Å². The lowest BCUT2D eigenvalue weighted by Gasteiger charge is -2.09. The molecule has 1 amide bonds. The summed E-state index contributed by atoms with van der Waals surface area (Å²) in [7, 11) is 0. The average molecular weight is 289 g/mol. The zero-order chi connectivity index (χ0) is 14.5. The summed E-state index contributed by atoms with van der Waals surface area (Å²) < 4.78 is 0. The summed E-state index contributed by atoms with van der Waals surface area (Å²) in [6.07, 6.45) is 0.474. The maximum atomic E-state index is 11.3. The van der Waals surface area contributed by atoms with E-state index in [1.54, 1.807) is 0 Å². The SMILES string of the molecule is CCC(=O)Nc1ccc(Nc2ccc(C)c(Cl)c2)cc1. The smallest absolute Gasteiger partial charge is 0.224 e. The van der Waals surface area contributed by atoms with Crippen molar-refractivity contribution in [3.05, 3.63) is 53.1 Å². The summed E-state index contributed by atoms with van der Waals surface area (Å²) in [6, 6.07) is 13.4. The van der Waals surface area contributed by atoms with Crippen LogP contribution in [0.5, 0.6) is 0 Å². The zero-order valence-electron chi connectivity index (χ0n) is 11.5. The molecule has 3 nitrogen and oxygen atoms in total. The lowest BCUT2D eigenvalue weighted by Crippen LogP contribution is -2.09. The van der Waals surface area contributed by atoms with E-state index >= 15 is 0 Å². The lowest BCUT2D eigenvalue weighted by atomic mass is 10.2. The number of anilines is 3. The number of amides is 1. The predicted molar refractivity (Wildman–Crippen MR) is 84.8 cm³/mol. The molecule has 2 aromatic carbocycles. The summed E-state index contributed by atoms with van der Waals surface area (Å²) >= 11 is 6.09. The highest BCUT2D eigenvalue weighted by atomic mass is 35.5. The molecule has 4 heteroatoms. The topological polar surface area (TPSA) is 41.1 Å². The van der Waals surface area contributed by atoms with Crippen molar-refractivity contribution in [1.29, 1.82) is 0 Å². The number of hydrogen-bond donors (Lipinski definition) is 2. The number of carbonyl (C=O) groups excluding carboxylic acids is 1. The standard InChI is InChI=1S/C16H17ClN2O/c1-3-16(20)19-13-8-6-12(7-9-13)18-14-5-4-11(2)15(17)10-14/h4-10,18H,3H2,1-2H3,(H,19,20). The lowest BCUT2D eigenvalue weighted by molar-refractivity contribution is -0.115. The molecule has 20 heavy (non-hydrogen) atoms. The molecule has 0 radical (unpaired) electrons.